The molecule has 0 spiro atoms. The molecular weight excluding hydrogens is 352 g/mol. The number of ether oxygens (including phenoxy) is 1. The van der Waals surface area contributed by atoms with Crippen molar-refractivity contribution in [3.05, 3.63) is 56.5 Å². The molecule has 1 unspecified atom stereocenters. The molecule has 1 N–H and O–H groups in total. The van der Waals surface area contributed by atoms with E-state index in [4.69, 9.17) is 9.37 Å². The first-order valence-corrected chi connectivity index (χ1v) is 8.60. The Hall–Kier alpha value is -3.23. The van der Waals surface area contributed by atoms with E-state index in [0.717, 1.165) is 0 Å². The van der Waals surface area contributed by atoms with Gasteiger partial charge in [-0.3, -0.25) is 10.1 Å². The van der Waals surface area contributed by atoms with Crippen LogP contribution in [0.15, 0.2) is 45.5 Å². The third-order valence-corrected chi connectivity index (χ3v) is 4.65. The second kappa shape index (κ2) is 7.18. The van der Waals surface area contributed by atoms with Crippen molar-refractivity contribution in [1.82, 2.24) is 15.6 Å². The monoisotopic (exact) mass is 372 g/mol. The second-order valence-corrected chi connectivity index (χ2v) is 6.47. The van der Waals surface area contributed by atoms with Crippen LogP contribution in [0.4, 0.5) is 0 Å². The highest BCUT2D eigenvalue weighted by molar-refractivity contribution is 5.94. The maximum absolute atomic E-state index is 12.9. The van der Waals surface area contributed by atoms with E-state index in [1.54, 1.807) is 39.0 Å². The Morgan fingerprint density at radius 3 is 2.78 bits per heavy atom. The summed E-state index contributed by atoms with van der Waals surface area (Å²) in [7, 11) is 0. The van der Waals surface area contributed by atoms with Crippen molar-refractivity contribution < 1.29 is 19.1 Å². The molecule has 0 amide bonds. The number of nitro groups is 1. The molecule has 142 valence electrons. The molecule has 1 aliphatic rings. The van der Waals surface area contributed by atoms with E-state index in [1.165, 1.54) is 0 Å². The Bertz CT molecular complexity index is 975. The fourth-order valence-electron chi connectivity index (χ4n) is 3.19. The van der Waals surface area contributed by atoms with Gasteiger partial charge in [-0.15, -0.1) is 0 Å². The minimum Gasteiger partial charge on any atom is -0.459 e. The first-order valence-electron chi connectivity index (χ1n) is 8.60. The van der Waals surface area contributed by atoms with Crippen molar-refractivity contribution in [1.29, 1.82) is 0 Å². The van der Waals surface area contributed by atoms with Gasteiger partial charge in [0.1, 0.15) is 17.0 Å². The lowest BCUT2D eigenvalue weighted by Gasteiger charge is -2.27. The zero-order valence-electron chi connectivity index (χ0n) is 15.5. The van der Waals surface area contributed by atoms with E-state index in [1.807, 2.05) is 6.92 Å². The molecule has 0 radical (unpaired) electrons. The summed E-state index contributed by atoms with van der Waals surface area (Å²) in [6, 6.07) is 5.07. The highest BCUT2D eigenvalue weighted by Gasteiger charge is 2.42. The van der Waals surface area contributed by atoms with Gasteiger partial charge in [0, 0.05) is 11.3 Å². The number of dihydropyridines is 1. The number of aromatic nitrogens is 2. The van der Waals surface area contributed by atoms with Crippen molar-refractivity contribution in [3.63, 3.8) is 0 Å². The van der Waals surface area contributed by atoms with Crippen LogP contribution in [0.25, 0.3) is 11.0 Å². The highest BCUT2D eigenvalue weighted by Crippen LogP contribution is 2.41. The molecule has 2 atom stereocenters. The molecule has 0 saturated heterocycles. The number of hydrogen-bond donors (Lipinski definition) is 1. The highest BCUT2D eigenvalue weighted by atomic mass is 16.6. The van der Waals surface area contributed by atoms with Gasteiger partial charge in [-0.25, -0.2) is 9.42 Å². The van der Waals surface area contributed by atoms with Crippen LogP contribution in [0.3, 0.4) is 0 Å². The summed E-state index contributed by atoms with van der Waals surface area (Å²) >= 11 is 0. The topological polar surface area (TPSA) is 120 Å². The van der Waals surface area contributed by atoms with Gasteiger partial charge in [-0.05, 0) is 43.6 Å². The number of esters is 1. The number of carbonyl (C=O) groups is 1. The molecule has 0 aliphatic carbocycles. The van der Waals surface area contributed by atoms with E-state index >= 15 is 0 Å². The number of fused-ring (bicyclic) bond motifs is 1. The molecule has 9 nitrogen and oxygen atoms in total. The van der Waals surface area contributed by atoms with Gasteiger partial charge in [0.25, 0.3) is 5.70 Å². The van der Waals surface area contributed by atoms with Crippen molar-refractivity contribution >= 4 is 17.0 Å². The van der Waals surface area contributed by atoms with E-state index in [0.29, 0.717) is 34.4 Å². The van der Waals surface area contributed by atoms with E-state index < -0.39 is 16.8 Å². The summed E-state index contributed by atoms with van der Waals surface area (Å²) in [6.45, 7) is 6.97. The number of hydrogen-bond acceptors (Lipinski definition) is 8. The molecule has 3 rings (SSSR count). The maximum Gasteiger partial charge on any atom is 0.337 e. The van der Waals surface area contributed by atoms with E-state index in [-0.39, 0.29) is 17.4 Å². The SMILES string of the molecule is CCC(C)OC(=O)C1=C(C)NC(C)=C([N+](=O)[O-])[C@H]1c1cccc2nonc12. The first-order chi connectivity index (χ1) is 12.8. The fraction of sp³-hybridized carbons (Fsp3) is 0.389. The molecule has 27 heavy (non-hydrogen) atoms. The maximum atomic E-state index is 12.9. The minimum atomic E-state index is -0.951. The third-order valence-electron chi connectivity index (χ3n) is 4.65. The van der Waals surface area contributed by atoms with Crippen LogP contribution in [-0.2, 0) is 9.53 Å². The van der Waals surface area contributed by atoms with Gasteiger partial charge in [-0.1, -0.05) is 19.1 Å². The van der Waals surface area contributed by atoms with Crippen LogP contribution >= 0.6 is 0 Å². The summed E-state index contributed by atoms with van der Waals surface area (Å²) in [6.07, 6.45) is 0.324. The normalized spacial score (nSPS) is 18.4. The van der Waals surface area contributed by atoms with Crippen molar-refractivity contribution in [3.8, 4) is 0 Å². The average molecular weight is 372 g/mol. The Labute approximate surface area is 155 Å². The Morgan fingerprint density at radius 1 is 1.37 bits per heavy atom. The van der Waals surface area contributed by atoms with Crippen molar-refractivity contribution in [2.45, 2.75) is 46.1 Å². The molecule has 1 aromatic heterocycles. The second-order valence-electron chi connectivity index (χ2n) is 6.47. The Kier molecular flexibility index (Phi) is 4.93. The number of allylic oxidation sites excluding steroid dienone is 3. The van der Waals surface area contributed by atoms with Gasteiger partial charge in [0.15, 0.2) is 0 Å². The predicted octanol–water partition coefficient (Wildman–Crippen LogP) is 3.03. The van der Waals surface area contributed by atoms with Crippen LogP contribution in [0.1, 0.15) is 45.6 Å². The van der Waals surface area contributed by atoms with Gasteiger partial charge in [0.05, 0.1) is 22.3 Å². The van der Waals surface area contributed by atoms with Crippen LogP contribution in [-0.4, -0.2) is 27.3 Å². The summed E-state index contributed by atoms with van der Waals surface area (Å²) < 4.78 is 10.3. The largest absolute Gasteiger partial charge is 0.459 e. The molecule has 9 heteroatoms. The molecule has 0 saturated carbocycles. The molecular formula is C18H20N4O5. The van der Waals surface area contributed by atoms with Crippen LogP contribution < -0.4 is 5.32 Å². The van der Waals surface area contributed by atoms with Crippen molar-refractivity contribution in [2.75, 3.05) is 0 Å². The van der Waals surface area contributed by atoms with Crippen LogP contribution in [0.5, 0.6) is 0 Å². The lowest BCUT2D eigenvalue weighted by Crippen LogP contribution is -2.32. The number of carbonyl (C=O) groups excluding carboxylic acids is 1. The molecule has 0 fully saturated rings. The summed E-state index contributed by atoms with van der Waals surface area (Å²) in [4.78, 5) is 24.3. The lowest BCUT2D eigenvalue weighted by atomic mass is 9.83. The number of benzene rings is 1. The van der Waals surface area contributed by atoms with Crippen LogP contribution in [0.2, 0.25) is 0 Å². The minimum absolute atomic E-state index is 0.132. The fourth-order valence-corrected chi connectivity index (χ4v) is 3.19. The molecule has 1 aliphatic heterocycles. The average Bonchev–Trinajstić information content (AvgIpc) is 3.08. The standard InChI is InChI=1S/C18H20N4O5/c1-5-9(2)26-18(23)14-10(3)19-11(4)17(22(24)25)15(14)12-7-6-8-13-16(12)21-27-20-13/h6-9,15,19H,5H2,1-4H3/t9?,15-/m0/s1. The number of nitrogens with zero attached hydrogens (tertiary/aromatic N) is 3. The van der Waals surface area contributed by atoms with Crippen molar-refractivity contribution in [2.24, 2.45) is 0 Å². The smallest absolute Gasteiger partial charge is 0.337 e. The number of rotatable bonds is 5. The van der Waals surface area contributed by atoms with Gasteiger partial charge >= 0.3 is 5.97 Å². The summed E-state index contributed by atoms with van der Waals surface area (Å²) in [5.74, 6) is -1.55. The third kappa shape index (κ3) is 3.27. The first kappa shape index (κ1) is 18.6. The molecule has 2 heterocycles. The van der Waals surface area contributed by atoms with Crippen LogP contribution in [0, 0.1) is 10.1 Å². The summed E-state index contributed by atoms with van der Waals surface area (Å²) in [5.41, 5.74) is 2.21. The zero-order valence-corrected chi connectivity index (χ0v) is 15.5. The lowest BCUT2D eigenvalue weighted by molar-refractivity contribution is -0.431. The van der Waals surface area contributed by atoms with Gasteiger partial charge in [0.2, 0.25) is 0 Å². The predicted molar refractivity (Wildman–Crippen MR) is 95.9 cm³/mol. The van der Waals surface area contributed by atoms with E-state index in [9.17, 15) is 14.9 Å². The Balaban J connectivity index is 2.21. The molecule has 0 bridgehead atoms. The molecule has 1 aromatic carbocycles. The quantitative estimate of drug-likeness (QED) is 0.483. The number of nitrogens with one attached hydrogen (secondary N) is 1. The Morgan fingerprint density at radius 2 is 2.11 bits per heavy atom. The molecule has 2 aromatic rings. The van der Waals surface area contributed by atoms with E-state index in [2.05, 4.69) is 15.6 Å². The zero-order chi connectivity index (χ0) is 19.7. The van der Waals surface area contributed by atoms with Gasteiger partial charge in [-0.2, -0.15) is 0 Å². The summed E-state index contributed by atoms with van der Waals surface area (Å²) in [5, 5.41) is 22.5. The van der Waals surface area contributed by atoms with Gasteiger partial charge < -0.3 is 10.1 Å².